The van der Waals surface area contributed by atoms with Crippen LogP contribution in [0.5, 0.6) is 0 Å². The summed E-state index contributed by atoms with van der Waals surface area (Å²) in [6.07, 6.45) is 7.72. The van der Waals surface area contributed by atoms with Crippen molar-refractivity contribution in [2.24, 2.45) is 0 Å². The minimum Gasteiger partial charge on any atom is -0.358 e. The van der Waals surface area contributed by atoms with Gasteiger partial charge in [-0.1, -0.05) is 25.8 Å². The van der Waals surface area contributed by atoms with Crippen LogP contribution in [0.3, 0.4) is 0 Å². The van der Waals surface area contributed by atoms with Gasteiger partial charge >= 0.3 is 0 Å². The number of H-pyrrole nitrogens is 1. The fourth-order valence-corrected chi connectivity index (χ4v) is 3.13. The molecule has 0 amide bonds. The fourth-order valence-electron chi connectivity index (χ4n) is 3.13. The van der Waals surface area contributed by atoms with Crippen LogP contribution in [-0.4, -0.2) is 4.98 Å². The number of rotatable bonds is 2. The van der Waals surface area contributed by atoms with E-state index in [9.17, 15) is 4.79 Å². The molecule has 0 radical (unpaired) electrons. The minimum absolute atomic E-state index is 0.267. The molecular formula is C17H21NO. The fraction of sp³-hybridized carbons (Fsp3) is 0.471. The quantitative estimate of drug-likeness (QED) is 0.814. The van der Waals surface area contributed by atoms with Crippen LogP contribution in [0.1, 0.15) is 49.4 Å². The summed E-state index contributed by atoms with van der Waals surface area (Å²) >= 11 is 0. The van der Waals surface area contributed by atoms with E-state index >= 15 is 0 Å². The van der Waals surface area contributed by atoms with Gasteiger partial charge in [-0.25, -0.2) is 0 Å². The number of fused-ring (bicyclic) bond motifs is 2. The van der Waals surface area contributed by atoms with E-state index in [1.807, 2.05) is 0 Å². The normalized spacial score (nSPS) is 15.2. The number of aryl methyl sites for hydroxylation is 2. The molecule has 0 fully saturated rings. The first-order valence-electron chi connectivity index (χ1n) is 7.46. The average molecular weight is 255 g/mol. The summed E-state index contributed by atoms with van der Waals surface area (Å²) in [7, 11) is 0. The van der Waals surface area contributed by atoms with E-state index < -0.39 is 0 Å². The molecule has 1 aromatic carbocycles. The van der Waals surface area contributed by atoms with Crippen molar-refractivity contribution in [3.05, 3.63) is 45.2 Å². The Bertz CT molecular complexity index is 654. The van der Waals surface area contributed by atoms with Gasteiger partial charge in [0.05, 0.1) is 0 Å². The highest BCUT2D eigenvalue weighted by atomic mass is 16.1. The smallest absolute Gasteiger partial charge is 0.192 e. The number of aromatic amines is 1. The molecule has 0 atom stereocenters. The predicted octanol–water partition coefficient (Wildman–Crippen LogP) is 3.75. The molecule has 1 aromatic heterocycles. The summed E-state index contributed by atoms with van der Waals surface area (Å²) in [4.78, 5) is 16.2. The Morgan fingerprint density at radius 2 is 2.00 bits per heavy atom. The number of aromatic nitrogens is 1. The van der Waals surface area contributed by atoms with E-state index in [4.69, 9.17) is 0 Å². The van der Waals surface area contributed by atoms with E-state index in [1.165, 1.54) is 24.1 Å². The zero-order chi connectivity index (χ0) is 13.2. The van der Waals surface area contributed by atoms with Crippen molar-refractivity contribution in [3.8, 4) is 0 Å². The van der Waals surface area contributed by atoms with Gasteiger partial charge in [-0.05, 0) is 49.8 Å². The molecule has 1 heterocycles. The number of hydrogen-bond donors (Lipinski definition) is 1. The Kier molecular flexibility index (Phi) is 3.41. The SMILES string of the molecule is CCCc1ccc2[nH]c3c(c(=O)c2c1)CCCCC3. The second-order valence-electron chi connectivity index (χ2n) is 5.60. The first-order chi connectivity index (χ1) is 9.29. The molecule has 0 unspecified atom stereocenters. The Labute approximate surface area is 113 Å². The molecule has 0 saturated carbocycles. The van der Waals surface area contributed by atoms with Gasteiger partial charge in [0.25, 0.3) is 0 Å². The number of benzene rings is 1. The van der Waals surface area contributed by atoms with Crippen LogP contribution in [0, 0.1) is 0 Å². The molecule has 2 nitrogen and oxygen atoms in total. The molecular weight excluding hydrogens is 234 g/mol. The van der Waals surface area contributed by atoms with Crippen LogP contribution in [0.15, 0.2) is 23.0 Å². The lowest BCUT2D eigenvalue weighted by Gasteiger charge is -2.09. The lowest BCUT2D eigenvalue weighted by atomic mass is 10.0. The van der Waals surface area contributed by atoms with Crippen LogP contribution in [0.2, 0.25) is 0 Å². The molecule has 1 aliphatic carbocycles. The van der Waals surface area contributed by atoms with E-state index in [1.54, 1.807) is 0 Å². The van der Waals surface area contributed by atoms with Crippen molar-refractivity contribution >= 4 is 10.9 Å². The highest BCUT2D eigenvalue weighted by molar-refractivity contribution is 5.80. The number of nitrogens with one attached hydrogen (secondary N) is 1. The minimum atomic E-state index is 0.267. The summed E-state index contributed by atoms with van der Waals surface area (Å²) in [6, 6.07) is 6.31. The lowest BCUT2D eigenvalue weighted by Crippen LogP contribution is -2.14. The molecule has 19 heavy (non-hydrogen) atoms. The van der Waals surface area contributed by atoms with Crippen molar-refractivity contribution in [1.82, 2.24) is 4.98 Å². The second-order valence-corrected chi connectivity index (χ2v) is 5.60. The molecule has 1 N–H and O–H groups in total. The largest absolute Gasteiger partial charge is 0.358 e. The maximum atomic E-state index is 12.7. The van der Waals surface area contributed by atoms with Gasteiger partial charge in [0.2, 0.25) is 0 Å². The van der Waals surface area contributed by atoms with Gasteiger partial charge in [-0.15, -0.1) is 0 Å². The first-order valence-corrected chi connectivity index (χ1v) is 7.46. The highest BCUT2D eigenvalue weighted by Crippen LogP contribution is 2.20. The van der Waals surface area contributed by atoms with Crippen molar-refractivity contribution in [3.63, 3.8) is 0 Å². The van der Waals surface area contributed by atoms with Gasteiger partial charge < -0.3 is 4.98 Å². The summed E-state index contributed by atoms with van der Waals surface area (Å²) in [5, 5.41) is 0.881. The third-order valence-electron chi connectivity index (χ3n) is 4.14. The molecule has 0 aliphatic heterocycles. The zero-order valence-corrected chi connectivity index (χ0v) is 11.6. The van der Waals surface area contributed by atoms with Crippen molar-refractivity contribution < 1.29 is 0 Å². The lowest BCUT2D eigenvalue weighted by molar-refractivity contribution is 0.708. The molecule has 2 aromatic rings. The van der Waals surface area contributed by atoms with Gasteiger partial charge in [0.1, 0.15) is 0 Å². The third-order valence-corrected chi connectivity index (χ3v) is 4.14. The summed E-state index contributed by atoms with van der Waals surface area (Å²) in [5.41, 5.74) is 4.76. The Balaban J connectivity index is 2.20. The monoisotopic (exact) mass is 255 g/mol. The molecule has 0 spiro atoms. The van der Waals surface area contributed by atoms with Crippen LogP contribution in [0.4, 0.5) is 0 Å². The summed E-state index contributed by atoms with van der Waals surface area (Å²) in [6.45, 7) is 2.17. The molecule has 3 rings (SSSR count). The van der Waals surface area contributed by atoms with Crippen LogP contribution in [0.25, 0.3) is 10.9 Å². The topological polar surface area (TPSA) is 32.9 Å². The van der Waals surface area contributed by atoms with Gasteiger partial charge in [0, 0.05) is 22.2 Å². The zero-order valence-electron chi connectivity index (χ0n) is 11.6. The first kappa shape index (κ1) is 12.5. The second kappa shape index (κ2) is 5.20. The van der Waals surface area contributed by atoms with E-state index in [0.29, 0.717) is 0 Å². The van der Waals surface area contributed by atoms with E-state index in [0.717, 1.165) is 48.6 Å². The van der Waals surface area contributed by atoms with E-state index in [2.05, 4.69) is 30.1 Å². The standard InChI is InChI=1S/C17H21NO/c1-2-6-12-9-10-16-14(11-12)17(19)13-7-4-3-5-8-15(13)18-16/h9-11H,2-8H2,1H3,(H,18,19). The summed E-state index contributed by atoms with van der Waals surface area (Å²) < 4.78 is 0. The third kappa shape index (κ3) is 2.32. The highest BCUT2D eigenvalue weighted by Gasteiger charge is 2.14. The number of pyridine rings is 1. The Morgan fingerprint density at radius 1 is 1.16 bits per heavy atom. The van der Waals surface area contributed by atoms with Crippen molar-refractivity contribution in [2.75, 3.05) is 0 Å². The Hall–Kier alpha value is -1.57. The molecule has 0 saturated heterocycles. The Morgan fingerprint density at radius 3 is 2.84 bits per heavy atom. The summed E-state index contributed by atoms with van der Waals surface area (Å²) in [5.74, 6) is 0. The van der Waals surface area contributed by atoms with Crippen LogP contribution < -0.4 is 5.43 Å². The van der Waals surface area contributed by atoms with Crippen LogP contribution in [-0.2, 0) is 19.3 Å². The van der Waals surface area contributed by atoms with Gasteiger partial charge in [-0.2, -0.15) is 0 Å². The maximum Gasteiger partial charge on any atom is 0.192 e. The average Bonchev–Trinajstić information content (AvgIpc) is 2.65. The van der Waals surface area contributed by atoms with Gasteiger partial charge in [0.15, 0.2) is 5.43 Å². The number of hydrogen-bond acceptors (Lipinski definition) is 1. The molecule has 2 heteroatoms. The maximum absolute atomic E-state index is 12.7. The molecule has 100 valence electrons. The van der Waals surface area contributed by atoms with E-state index in [-0.39, 0.29) is 5.43 Å². The van der Waals surface area contributed by atoms with Gasteiger partial charge in [-0.3, -0.25) is 4.79 Å². The van der Waals surface area contributed by atoms with Crippen molar-refractivity contribution in [1.29, 1.82) is 0 Å². The molecule has 1 aliphatic rings. The predicted molar refractivity (Wildman–Crippen MR) is 79.8 cm³/mol. The molecule has 0 bridgehead atoms. The van der Waals surface area contributed by atoms with Crippen molar-refractivity contribution in [2.45, 2.75) is 51.9 Å². The van der Waals surface area contributed by atoms with Crippen LogP contribution >= 0.6 is 0 Å².